The first-order valence-electron chi connectivity index (χ1n) is 9.06. The third-order valence-electron chi connectivity index (χ3n) is 4.74. The molecule has 0 radical (unpaired) electrons. The summed E-state index contributed by atoms with van der Waals surface area (Å²) in [5, 5.41) is 10.2. The molecule has 4 rings (SSSR count). The fourth-order valence-corrected chi connectivity index (χ4v) is 4.72. The second-order valence-corrected chi connectivity index (χ2v) is 8.79. The molecule has 8 nitrogen and oxygen atoms in total. The summed E-state index contributed by atoms with van der Waals surface area (Å²) in [5.74, 6) is -0.261. The third kappa shape index (κ3) is 3.76. The normalized spacial score (nSPS) is 17.5. The highest BCUT2D eigenvalue weighted by atomic mass is 32.2. The first-order valence-corrected chi connectivity index (χ1v) is 10.6. The number of nitrogens with zero attached hydrogens (tertiary/aromatic N) is 2. The minimum atomic E-state index is -3.50. The number of ether oxygens (including phenoxy) is 1. The molecule has 0 bridgehead atoms. The maximum absolute atomic E-state index is 12.6. The van der Waals surface area contributed by atoms with Crippen molar-refractivity contribution in [1.29, 1.82) is 0 Å². The minimum Gasteiger partial charge on any atom is -0.362 e. The second kappa shape index (κ2) is 7.69. The molecule has 1 saturated heterocycles. The molecule has 1 unspecified atom stereocenters. The summed E-state index contributed by atoms with van der Waals surface area (Å²) in [4.78, 5) is 16.7. The summed E-state index contributed by atoms with van der Waals surface area (Å²) in [6, 6.07) is 8.24. The molecule has 0 spiro atoms. The van der Waals surface area contributed by atoms with Gasteiger partial charge in [-0.05, 0) is 43.0 Å². The fraction of sp³-hybridized carbons (Fsp3) is 0.316. The Morgan fingerprint density at radius 2 is 2.04 bits per heavy atom. The van der Waals surface area contributed by atoms with Gasteiger partial charge < -0.3 is 10.1 Å². The van der Waals surface area contributed by atoms with E-state index < -0.39 is 15.3 Å². The predicted molar refractivity (Wildman–Crippen MR) is 102 cm³/mol. The molecular weight excluding hydrogens is 380 g/mol. The fourth-order valence-electron chi connectivity index (χ4n) is 3.15. The van der Waals surface area contributed by atoms with E-state index in [1.54, 1.807) is 36.5 Å². The zero-order valence-electron chi connectivity index (χ0n) is 15.1. The van der Waals surface area contributed by atoms with Crippen molar-refractivity contribution in [3.63, 3.8) is 0 Å². The van der Waals surface area contributed by atoms with Crippen LogP contribution in [0.3, 0.4) is 0 Å². The summed E-state index contributed by atoms with van der Waals surface area (Å²) in [7, 11) is -3.50. The maximum Gasteiger partial charge on any atom is 0.253 e. The van der Waals surface area contributed by atoms with Crippen LogP contribution in [0.4, 0.5) is 0 Å². The van der Waals surface area contributed by atoms with Crippen molar-refractivity contribution in [2.24, 2.45) is 0 Å². The Balaban J connectivity index is 1.40. The maximum atomic E-state index is 12.6. The lowest BCUT2D eigenvalue weighted by Crippen LogP contribution is -2.28. The first kappa shape index (κ1) is 18.6. The highest BCUT2D eigenvalue weighted by Gasteiger charge is 2.29. The van der Waals surface area contributed by atoms with Gasteiger partial charge in [-0.15, -0.1) is 0 Å². The van der Waals surface area contributed by atoms with Gasteiger partial charge >= 0.3 is 0 Å². The Hall–Kier alpha value is -2.78. The molecule has 1 amide bonds. The zero-order chi connectivity index (χ0) is 19.6. The highest BCUT2D eigenvalue weighted by Crippen LogP contribution is 2.24. The lowest BCUT2D eigenvalue weighted by Gasteiger charge is -2.22. The van der Waals surface area contributed by atoms with Crippen LogP contribution in [0.25, 0.3) is 11.0 Å². The highest BCUT2D eigenvalue weighted by molar-refractivity contribution is 7.91. The molecule has 1 fully saturated rings. The molecule has 146 valence electrons. The second-order valence-electron chi connectivity index (χ2n) is 6.70. The molecule has 9 heteroatoms. The molecule has 3 heterocycles. The van der Waals surface area contributed by atoms with E-state index in [-0.39, 0.29) is 17.3 Å². The van der Waals surface area contributed by atoms with Gasteiger partial charge in [0.25, 0.3) is 5.91 Å². The van der Waals surface area contributed by atoms with Gasteiger partial charge in [0.2, 0.25) is 9.84 Å². The van der Waals surface area contributed by atoms with Crippen LogP contribution in [0, 0.1) is 0 Å². The van der Waals surface area contributed by atoms with Gasteiger partial charge in [-0.1, -0.05) is 12.1 Å². The van der Waals surface area contributed by atoms with E-state index in [2.05, 4.69) is 20.5 Å². The van der Waals surface area contributed by atoms with Gasteiger partial charge in [0.1, 0.15) is 0 Å². The molecule has 28 heavy (non-hydrogen) atoms. The van der Waals surface area contributed by atoms with Crippen molar-refractivity contribution < 1.29 is 17.9 Å². The summed E-state index contributed by atoms with van der Waals surface area (Å²) < 4.78 is 30.7. The number of sulfone groups is 1. The number of hydrogen-bond donors (Lipinski definition) is 2. The number of amides is 1. The van der Waals surface area contributed by atoms with Gasteiger partial charge in [0, 0.05) is 24.7 Å². The van der Waals surface area contributed by atoms with Crippen molar-refractivity contribution in [1.82, 2.24) is 20.5 Å². The number of nitrogens with one attached hydrogen (secondary N) is 2. The SMILES string of the molecule is O=C(NCc1ccc(S(=O)(=O)C2CCCCO2)cc1)c1cnc2[nH]ncc2c1. The van der Waals surface area contributed by atoms with Gasteiger partial charge in [-0.3, -0.25) is 9.89 Å². The van der Waals surface area contributed by atoms with Crippen LogP contribution in [0.15, 0.2) is 47.6 Å². The van der Waals surface area contributed by atoms with E-state index >= 15 is 0 Å². The lowest BCUT2D eigenvalue weighted by molar-refractivity contribution is 0.0661. The predicted octanol–water partition coefficient (Wildman–Crippen LogP) is 2.19. The summed E-state index contributed by atoms with van der Waals surface area (Å²) >= 11 is 0. The number of carbonyl (C=O) groups excluding carboxylic acids is 1. The molecule has 1 atom stereocenters. The number of fused-ring (bicyclic) bond motifs is 1. The van der Waals surface area contributed by atoms with E-state index in [0.717, 1.165) is 23.8 Å². The van der Waals surface area contributed by atoms with Crippen molar-refractivity contribution in [2.45, 2.75) is 36.1 Å². The average Bonchev–Trinajstić information content (AvgIpc) is 3.21. The molecule has 0 saturated carbocycles. The van der Waals surface area contributed by atoms with Crippen LogP contribution in [-0.4, -0.2) is 41.5 Å². The van der Waals surface area contributed by atoms with Crippen molar-refractivity contribution in [3.05, 3.63) is 53.9 Å². The Bertz CT molecular complexity index is 1090. The molecular formula is C19H20N4O4S. The monoisotopic (exact) mass is 400 g/mol. The van der Waals surface area contributed by atoms with E-state index in [9.17, 15) is 13.2 Å². The van der Waals surface area contributed by atoms with Crippen molar-refractivity contribution >= 4 is 26.8 Å². The number of aromatic amines is 1. The molecule has 1 aliphatic heterocycles. The number of rotatable bonds is 5. The van der Waals surface area contributed by atoms with Gasteiger partial charge in [-0.2, -0.15) is 5.10 Å². The number of H-pyrrole nitrogens is 1. The van der Waals surface area contributed by atoms with Crippen LogP contribution >= 0.6 is 0 Å². The lowest BCUT2D eigenvalue weighted by atomic mass is 10.2. The summed E-state index contributed by atoms with van der Waals surface area (Å²) in [6.45, 7) is 0.760. The molecule has 1 aromatic carbocycles. The summed E-state index contributed by atoms with van der Waals surface area (Å²) in [6.07, 6.45) is 5.36. The Morgan fingerprint density at radius 1 is 1.21 bits per heavy atom. The Morgan fingerprint density at radius 3 is 2.79 bits per heavy atom. The molecule has 2 N–H and O–H groups in total. The van der Waals surface area contributed by atoms with E-state index in [1.807, 2.05) is 0 Å². The third-order valence-corrected chi connectivity index (χ3v) is 6.74. The number of hydrogen-bond acceptors (Lipinski definition) is 6. The smallest absolute Gasteiger partial charge is 0.253 e. The topological polar surface area (TPSA) is 114 Å². The van der Waals surface area contributed by atoms with Crippen LogP contribution in [0.2, 0.25) is 0 Å². The molecule has 3 aromatic rings. The van der Waals surface area contributed by atoms with Crippen LogP contribution in [0.5, 0.6) is 0 Å². The summed E-state index contributed by atoms with van der Waals surface area (Å²) in [5.41, 5.74) is 1.09. The standard InChI is InChI=1S/C19H20N4O4S/c24-19(15-9-14-12-22-23-18(14)20-11-15)21-10-13-4-6-16(7-5-13)28(25,26)17-3-1-2-8-27-17/h4-7,9,11-12,17H,1-3,8,10H2,(H,21,24)(H,20,22,23). The first-order chi connectivity index (χ1) is 13.5. The van der Waals surface area contributed by atoms with E-state index in [0.29, 0.717) is 24.2 Å². The molecule has 1 aliphatic rings. The Kier molecular flexibility index (Phi) is 5.10. The zero-order valence-corrected chi connectivity index (χ0v) is 15.9. The van der Waals surface area contributed by atoms with Crippen molar-refractivity contribution in [3.8, 4) is 0 Å². The van der Waals surface area contributed by atoms with Gasteiger partial charge in [0.05, 0.1) is 16.7 Å². The van der Waals surface area contributed by atoms with E-state index in [4.69, 9.17) is 4.74 Å². The van der Waals surface area contributed by atoms with Crippen LogP contribution < -0.4 is 5.32 Å². The van der Waals surface area contributed by atoms with Crippen LogP contribution in [-0.2, 0) is 21.1 Å². The van der Waals surface area contributed by atoms with Gasteiger partial charge in [0.15, 0.2) is 11.1 Å². The largest absolute Gasteiger partial charge is 0.362 e. The Labute approximate surface area is 162 Å². The number of pyridine rings is 1. The number of aromatic nitrogens is 3. The molecule has 0 aliphatic carbocycles. The minimum absolute atomic E-state index is 0.240. The average molecular weight is 400 g/mol. The quantitative estimate of drug-likeness (QED) is 0.679. The van der Waals surface area contributed by atoms with E-state index in [1.165, 1.54) is 6.20 Å². The number of benzene rings is 1. The number of carbonyl (C=O) groups is 1. The van der Waals surface area contributed by atoms with Gasteiger partial charge in [-0.25, -0.2) is 13.4 Å². The molecule has 2 aromatic heterocycles. The van der Waals surface area contributed by atoms with Crippen molar-refractivity contribution in [2.75, 3.05) is 6.61 Å². The van der Waals surface area contributed by atoms with Crippen LogP contribution in [0.1, 0.15) is 35.2 Å².